The van der Waals surface area contributed by atoms with Crippen LogP contribution in [0.4, 0.5) is 5.95 Å². The number of phenolic OH excluding ortho intramolecular Hbond substituents is 1. The number of rotatable bonds is 2. The van der Waals surface area contributed by atoms with Gasteiger partial charge in [0.1, 0.15) is 5.75 Å². The number of phenols is 1. The van der Waals surface area contributed by atoms with E-state index in [1.807, 2.05) is 54.2 Å². The highest BCUT2D eigenvalue weighted by Crippen LogP contribution is 2.39. The fourth-order valence-electron chi connectivity index (χ4n) is 3.26. The third-order valence-corrected chi connectivity index (χ3v) is 4.84. The van der Waals surface area contributed by atoms with Crippen LogP contribution in [0.25, 0.3) is 11.0 Å². The third-order valence-electron chi connectivity index (χ3n) is 4.84. The number of aliphatic imine (C=N–C) groups is 1. The molecule has 0 bridgehead atoms. The van der Waals surface area contributed by atoms with Gasteiger partial charge in [0.25, 0.3) is 0 Å². The summed E-state index contributed by atoms with van der Waals surface area (Å²) in [5.74, 6) is 1.05. The van der Waals surface area contributed by atoms with Crippen LogP contribution in [0.5, 0.6) is 5.75 Å². The number of aromatic hydroxyl groups is 1. The number of hydrogen-bond donors (Lipinski definition) is 1. The molecule has 0 fully saturated rings. The zero-order valence-electron chi connectivity index (χ0n) is 17.3. The molecular formula is C23H29N3O. The molecule has 1 heterocycles. The number of aryl methyl sites for hydroxylation is 1. The normalized spacial score (nSPS) is 13.0. The molecule has 0 aliphatic rings. The minimum Gasteiger partial charge on any atom is -0.507 e. The van der Waals surface area contributed by atoms with Crippen LogP contribution >= 0.6 is 0 Å². The van der Waals surface area contributed by atoms with Crippen molar-refractivity contribution in [1.82, 2.24) is 9.55 Å². The average molecular weight is 364 g/mol. The van der Waals surface area contributed by atoms with E-state index in [0.717, 1.165) is 27.7 Å². The molecular weight excluding hydrogens is 334 g/mol. The number of imidazole rings is 1. The maximum absolute atomic E-state index is 10.8. The van der Waals surface area contributed by atoms with Crippen molar-refractivity contribution in [2.75, 3.05) is 0 Å². The Hall–Kier alpha value is -2.62. The predicted octanol–water partition coefficient (Wildman–Crippen LogP) is 5.62. The van der Waals surface area contributed by atoms with Crippen molar-refractivity contribution in [3.8, 4) is 5.75 Å². The summed E-state index contributed by atoms with van der Waals surface area (Å²) >= 11 is 0. The van der Waals surface area contributed by atoms with Crippen molar-refractivity contribution < 1.29 is 5.11 Å². The molecule has 0 aliphatic heterocycles. The Bertz CT molecular complexity index is 979. The fraction of sp³-hybridized carbons (Fsp3) is 0.391. The van der Waals surface area contributed by atoms with E-state index >= 15 is 0 Å². The highest BCUT2D eigenvalue weighted by Gasteiger charge is 2.26. The van der Waals surface area contributed by atoms with Gasteiger partial charge in [-0.05, 0) is 40.7 Å². The minimum atomic E-state index is -0.161. The highest BCUT2D eigenvalue weighted by atomic mass is 16.3. The summed E-state index contributed by atoms with van der Waals surface area (Å²) in [7, 11) is 1.97. The van der Waals surface area contributed by atoms with Crippen LogP contribution in [0, 0.1) is 0 Å². The summed E-state index contributed by atoms with van der Waals surface area (Å²) < 4.78 is 1.99. The lowest BCUT2D eigenvalue weighted by Crippen LogP contribution is -2.17. The van der Waals surface area contributed by atoms with E-state index in [2.05, 4.69) is 51.5 Å². The Morgan fingerprint density at radius 3 is 2.04 bits per heavy atom. The van der Waals surface area contributed by atoms with Crippen molar-refractivity contribution in [2.24, 2.45) is 12.0 Å². The van der Waals surface area contributed by atoms with Gasteiger partial charge in [0, 0.05) is 24.4 Å². The van der Waals surface area contributed by atoms with Gasteiger partial charge in [-0.2, -0.15) is 0 Å². The zero-order valence-corrected chi connectivity index (χ0v) is 17.3. The molecule has 0 saturated heterocycles. The first kappa shape index (κ1) is 19.2. The van der Waals surface area contributed by atoms with Gasteiger partial charge in [-0.15, -0.1) is 0 Å². The zero-order chi connectivity index (χ0) is 20.0. The number of para-hydroxylation sites is 2. The van der Waals surface area contributed by atoms with Crippen LogP contribution in [-0.2, 0) is 17.9 Å². The first-order valence-electron chi connectivity index (χ1n) is 9.32. The van der Waals surface area contributed by atoms with E-state index in [4.69, 9.17) is 0 Å². The van der Waals surface area contributed by atoms with Crippen LogP contribution in [0.1, 0.15) is 58.2 Å². The molecule has 1 N–H and O–H groups in total. The Morgan fingerprint density at radius 2 is 1.52 bits per heavy atom. The Balaban J connectivity index is 2.10. The standard InChI is InChI=1S/C23H29N3O/c1-22(2,3)16-12-15(13-17(20(16)27)23(4,5)6)14-24-21-25-18-10-8-9-11-19(18)26(21)7/h8-14,27H,1-7H3/b24-14+. The smallest absolute Gasteiger partial charge is 0.230 e. The number of aromatic nitrogens is 2. The van der Waals surface area contributed by atoms with Crippen molar-refractivity contribution in [2.45, 2.75) is 52.4 Å². The van der Waals surface area contributed by atoms with Crippen LogP contribution < -0.4 is 0 Å². The van der Waals surface area contributed by atoms with Gasteiger partial charge in [0.15, 0.2) is 0 Å². The molecule has 3 aromatic rings. The number of fused-ring (bicyclic) bond motifs is 1. The second-order valence-electron chi connectivity index (χ2n) is 9.18. The third kappa shape index (κ3) is 3.75. The lowest BCUT2D eigenvalue weighted by Gasteiger charge is -2.27. The Morgan fingerprint density at radius 1 is 0.963 bits per heavy atom. The molecule has 4 heteroatoms. The van der Waals surface area contributed by atoms with E-state index in [1.165, 1.54) is 0 Å². The van der Waals surface area contributed by atoms with E-state index in [0.29, 0.717) is 11.7 Å². The lowest BCUT2D eigenvalue weighted by atomic mass is 9.78. The van der Waals surface area contributed by atoms with E-state index in [1.54, 1.807) is 0 Å². The van der Waals surface area contributed by atoms with Gasteiger partial charge in [0.05, 0.1) is 11.0 Å². The first-order chi connectivity index (χ1) is 12.5. The van der Waals surface area contributed by atoms with Gasteiger partial charge in [-0.25, -0.2) is 9.98 Å². The summed E-state index contributed by atoms with van der Waals surface area (Å²) in [4.78, 5) is 9.24. The second-order valence-corrected chi connectivity index (χ2v) is 9.18. The molecule has 0 unspecified atom stereocenters. The first-order valence-corrected chi connectivity index (χ1v) is 9.32. The van der Waals surface area contributed by atoms with Crippen molar-refractivity contribution in [1.29, 1.82) is 0 Å². The monoisotopic (exact) mass is 363 g/mol. The highest BCUT2D eigenvalue weighted by molar-refractivity contribution is 5.85. The van der Waals surface area contributed by atoms with Crippen LogP contribution in [0.3, 0.4) is 0 Å². The largest absolute Gasteiger partial charge is 0.507 e. The summed E-state index contributed by atoms with van der Waals surface area (Å²) in [5.41, 5.74) is 4.50. The maximum atomic E-state index is 10.8. The average Bonchev–Trinajstić information content (AvgIpc) is 2.88. The van der Waals surface area contributed by atoms with Crippen LogP contribution in [-0.4, -0.2) is 20.9 Å². The van der Waals surface area contributed by atoms with Crippen molar-refractivity contribution in [3.63, 3.8) is 0 Å². The second kappa shape index (κ2) is 6.52. The molecule has 0 spiro atoms. The Kier molecular flexibility index (Phi) is 4.62. The maximum Gasteiger partial charge on any atom is 0.230 e. The molecule has 3 rings (SSSR count). The summed E-state index contributed by atoms with van der Waals surface area (Å²) in [6, 6.07) is 12.1. The quantitative estimate of drug-likeness (QED) is 0.600. The molecule has 142 valence electrons. The number of nitrogens with zero attached hydrogens (tertiary/aromatic N) is 3. The van der Waals surface area contributed by atoms with Gasteiger partial charge in [-0.1, -0.05) is 53.7 Å². The van der Waals surface area contributed by atoms with Gasteiger partial charge in [0.2, 0.25) is 5.95 Å². The molecule has 2 aromatic carbocycles. The fourth-order valence-corrected chi connectivity index (χ4v) is 3.26. The predicted molar refractivity (Wildman–Crippen MR) is 113 cm³/mol. The molecule has 0 radical (unpaired) electrons. The Labute approximate surface area is 161 Å². The molecule has 0 amide bonds. The van der Waals surface area contributed by atoms with Crippen LogP contribution in [0.15, 0.2) is 41.4 Å². The van der Waals surface area contributed by atoms with Gasteiger partial charge < -0.3 is 9.67 Å². The summed E-state index contributed by atoms with van der Waals surface area (Å²) in [6.07, 6.45) is 1.84. The molecule has 27 heavy (non-hydrogen) atoms. The molecule has 0 saturated carbocycles. The SMILES string of the molecule is Cn1c(/N=C/c2cc(C(C)(C)C)c(O)c(C(C)(C)C)c2)nc2ccccc21. The molecule has 4 nitrogen and oxygen atoms in total. The van der Waals surface area contributed by atoms with E-state index in [-0.39, 0.29) is 10.8 Å². The number of benzene rings is 2. The van der Waals surface area contributed by atoms with Crippen LogP contribution in [0.2, 0.25) is 0 Å². The molecule has 1 aromatic heterocycles. The van der Waals surface area contributed by atoms with E-state index in [9.17, 15) is 5.11 Å². The van der Waals surface area contributed by atoms with E-state index < -0.39 is 0 Å². The number of hydrogen-bond acceptors (Lipinski definition) is 3. The minimum absolute atomic E-state index is 0.161. The van der Waals surface area contributed by atoms with Crippen molar-refractivity contribution >= 4 is 23.2 Å². The van der Waals surface area contributed by atoms with Gasteiger partial charge in [-0.3, -0.25) is 0 Å². The lowest BCUT2D eigenvalue weighted by molar-refractivity contribution is 0.423. The summed E-state index contributed by atoms with van der Waals surface area (Å²) in [6.45, 7) is 12.7. The topological polar surface area (TPSA) is 50.4 Å². The summed E-state index contributed by atoms with van der Waals surface area (Å²) in [5, 5.41) is 10.8. The van der Waals surface area contributed by atoms with Crippen molar-refractivity contribution in [3.05, 3.63) is 53.1 Å². The van der Waals surface area contributed by atoms with Gasteiger partial charge >= 0.3 is 0 Å². The molecule has 0 atom stereocenters. The molecule has 0 aliphatic carbocycles.